The number of phenolic OH excluding ortho intramolecular Hbond substituents is 3. The molecule has 1 aromatic carbocycles. The molecule has 0 aliphatic rings. The fourth-order valence-corrected chi connectivity index (χ4v) is 1.19. The summed E-state index contributed by atoms with van der Waals surface area (Å²) in [6.07, 6.45) is 2.10. The summed E-state index contributed by atoms with van der Waals surface area (Å²) in [6, 6.07) is 2.32. The van der Waals surface area contributed by atoms with E-state index in [4.69, 9.17) is 10.8 Å². The first kappa shape index (κ1) is 13.6. The van der Waals surface area contributed by atoms with Gasteiger partial charge in [-0.2, -0.15) is 0 Å². The summed E-state index contributed by atoms with van der Waals surface area (Å²) in [5.74, 6) is -1.28. The Kier molecular flexibility index (Phi) is 4.97. The van der Waals surface area contributed by atoms with E-state index in [1.165, 1.54) is 12.1 Å². The maximum absolute atomic E-state index is 9.45. The number of halogens is 1. The van der Waals surface area contributed by atoms with E-state index < -0.39 is 11.8 Å². The van der Waals surface area contributed by atoms with Crippen LogP contribution in [0.15, 0.2) is 24.8 Å². The number of nitrogens with two attached hydrogens (primary N) is 1. The number of hydrogen-bond donors (Lipinski definition) is 4. The third-order valence-electron chi connectivity index (χ3n) is 1.98. The highest BCUT2D eigenvalue weighted by Crippen LogP contribution is 2.39. The van der Waals surface area contributed by atoms with Crippen LogP contribution < -0.4 is 5.73 Å². The first-order valence-electron chi connectivity index (χ1n) is 4.18. The third kappa shape index (κ3) is 2.78. The largest absolute Gasteiger partial charge is 0.504 e. The summed E-state index contributed by atoms with van der Waals surface area (Å²) in [5.41, 5.74) is 6.09. The van der Waals surface area contributed by atoms with Gasteiger partial charge in [-0.1, -0.05) is 6.08 Å². The molecule has 1 atom stereocenters. The lowest BCUT2D eigenvalue weighted by molar-refractivity contribution is 0.363. The highest BCUT2D eigenvalue weighted by molar-refractivity contribution is 5.85. The summed E-state index contributed by atoms with van der Waals surface area (Å²) >= 11 is 0. The number of aromatic hydroxyl groups is 3. The van der Waals surface area contributed by atoms with Gasteiger partial charge >= 0.3 is 0 Å². The predicted molar refractivity (Wildman–Crippen MR) is 60.4 cm³/mol. The van der Waals surface area contributed by atoms with Crippen molar-refractivity contribution >= 4 is 12.4 Å². The Morgan fingerprint density at radius 2 is 1.87 bits per heavy atom. The van der Waals surface area contributed by atoms with Crippen molar-refractivity contribution in [2.24, 2.45) is 5.73 Å². The fourth-order valence-electron chi connectivity index (χ4n) is 1.19. The Balaban J connectivity index is 0.00000196. The molecule has 0 heterocycles. The van der Waals surface area contributed by atoms with Crippen molar-refractivity contribution in [3.63, 3.8) is 0 Å². The molecular formula is C10H14ClNO3. The fraction of sp³-hybridized carbons (Fsp3) is 0.200. The molecule has 0 radical (unpaired) electrons. The zero-order chi connectivity index (χ0) is 10.7. The molecule has 0 aromatic heterocycles. The second kappa shape index (κ2) is 5.48. The van der Waals surface area contributed by atoms with E-state index in [2.05, 4.69) is 6.58 Å². The van der Waals surface area contributed by atoms with Crippen LogP contribution in [0.4, 0.5) is 0 Å². The average Bonchev–Trinajstić information content (AvgIpc) is 2.15. The van der Waals surface area contributed by atoms with Crippen LogP contribution in [-0.4, -0.2) is 15.3 Å². The van der Waals surface area contributed by atoms with Gasteiger partial charge in [0.1, 0.15) is 0 Å². The standard InChI is InChI=1S/C10H13NO3.ClH/c1-2-3-7(11)6-4-5-8(12)10(14)9(6)13;/h2,4-5,7,12-14H,1,3,11H2;1H/t7-;/m1./s1. The smallest absolute Gasteiger partial charge is 0.200 e. The van der Waals surface area contributed by atoms with E-state index in [-0.39, 0.29) is 23.9 Å². The molecule has 0 saturated carbocycles. The third-order valence-corrected chi connectivity index (χ3v) is 1.98. The zero-order valence-electron chi connectivity index (χ0n) is 8.05. The van der Waals surface area contributed by atoms with E-state index in [1.54, 1.807) is 6.08 Å². The van der Waals surface area contributed by atoms with E-state index in [9.17, 15) is 10.2 Å². The maximum atomic E-state index is 9.45. The van der Waals surface area contributed by atoms with Gasteiger partial charge in [-0.05, 0) is 18.6 Å². The minimum Gasteiger partial charge on any atom is -0.504 e. The minimum absolute atomic E-state index is 0. The Bertz CT molecular complexity index is 355. The van der Waals surface area contributed by atoms with Gasteiger partial charge < -0.3 is 21.1 Å². The number of phenols is 3. The lowest BCUT2D eigenvalue weighted by Gasteiger charge is -2.12. The molecule has 0 unspecified atom stereocenters. The Morgan fingerprint density at radius 3 is 2.40 bits per heavy atom. The molecule has 1 rings (SSSR count). The molecule has 1 aromatic rings. The molecule has 5 N–H and O–H groups in total. The van der Waals surface area contributed by atoms with Crippen LogP contribution >= 0.6 is 12.4 Å². The molecule has 84 valence electrons. The lowest BCUT2D eigenvalue weighted by atomic mass is 10.0. The van der Waals surface area contributed by atoms with Gasteiger partial charge in [0.15, 0.2) is 11.5 Å². The van der Waals surface area contributed by atoms with E-state index in [0.717, 1.165) is 0 Å². The van der Waals surface area contributed by atoms with Gasteiger partial charge in [0, 0.05) is 11.6 Å². The first-order chi connectivity index (χ1) is 6.57. The average molecular weight is 232 g/mol. The summed E-state index contributed by atoms with van der Waals surface area (Å²) in [6.45, 7) is 3.52. The van der Waals surface area contributed by atoms with E-state index in [0.29, 0.717) is 12.0 Å². The van der Waals surface area contributed by atoms with Crippen molar-refractivity contribution in [1.29, 1.82) is 0 Å². The van der Waals surface area contributed by atoms with Crippen LogP contribution in [-0.2, 0) is 0 Å². The SMILES string of the molecule is C=CC[C@@H](N)c1ccc(O)c(O)c1O.Cl. The maximum Gasteiger partial charge on any atom is 0.200 e. The van der Waals surface area contributed by atoms with Gasteiger partial charge in [-0.3, -0.25) is 0 Å². The molecule has 5 heteroatoms. The van der Waals surface area contributed by atoms with Crippen molar-refractivity contribution in [3.8, 4) is 17.2 Å². The van der Waals surface area contributed by atoms with Gasteiger partial charge in [0.25, 0.3) is 0 Å². The van der Waals surface area contributed by atoms with Crippen LogP contribution in [0.3, 0.4) is 0 Å². The van der Waals surface area contributed by atoms with Crippen molar-refractivity contribution in [2.75, 3.05) is 0 Å². The zero-order valence-corrected chi connectivity index (χ0v) is 8.87. The Morgan fingerprint density at radius 1 is 1.27 bits per heavy atom. The molecule has 0 saturated heterocycles. The second-order valence-electron chi connectivity index (χ2n) is 3.00. The van der Waals surface area contributed by atoms with Crippen LogP contribution in [0.5, 0.6) is 17.2 Å². The highest BCUT2D eigenvalue weighted by atomic mass is 35.5. The molecular weight excluding hydrogens is 218 g/mol. The van der Waals surface area contributed by atoms with Gasteiger partial charge in [-0.15, -0.1) is 19.0 Å². The molecule has 0 aliphatic carbocycles. The van der Waals surface area contributed by atoms with E-state index >= 15 is 0 Å². The number of rotatable bonds is 3. The van der Waals surface area contributed by atoms with Crippen molar-refractivity contribution < 1.29 is 15.3 Å². The summed E-state index contributed by atoms with van der Waals surface area (Å²) in [4.78, 5) is 0. The minimum atomic E-state index is -0.540. The molecule has 0 amide bonds. The Labute approximate surface area is 94.1 Å². The van der Waals surface area contributed by atoms with E-state index in [1.807, 2.05) is 0 Å². The molecule has 15 heavy (non-hydrogen) atoms. The summed E-state index contributed by atoms with van der Waals surface area (Å²) in [5, 5.41) is 27.7. The second-order valence-corrected chi connectivity index (χ2v) is 3.00. The normalized spacial score (nSPS) is 11.5. The van der Waals surface area contributed by atoms with Crippen molar-refractivity contribution in [2.45, 2.75) is 12.5 Å². The summed E-state index contributed by atoms with van der Waals surface area (Å²) in [7, 11) is 0. The van der Waals surface area contributed by atoms with Gasteiger partial charge in [0.2, 0.25) is 5.75 Å². The monoisotopic (exact) mass is 231 g/mol. The summed E-state index contributed by atoms with van der Waals surface area (Å²) < 4.78 is 0. The quantitative estimate of drug-likeness (QED) is 0.472. The molecule has 0 fully saturated rings. The van der Waals surface area contributed by atoms with Crippen molar-refractivity contribution in [3.05, 3.63) is 30.4 Å². The highest BCUT2D eigenvalue weighted by Gasteiger charge is 2.15. The molecule has 4 nitrogen and oxygen atoms in total. The molecule has 0 spiro atoms. The topological polar surface area (TPSA) is 86.7 Å². The number of benzene rings is 1. The lowest BCUT2D eigenvalue weighted by Crippen LogP contribution is -2.09. The predicted octanol–water partition coefficient (Wildman–Crippen LogP) is 1.80. The molecule has 0 aliphatic heterocycles. The number of hydrogen-bond acceptors (Lipinski definition) is 4. The van der Waals surface area contributed by atoms with Crippen molar-refractivity contribution in [1.82, 2.24) is 0 Å². The van der Waals surface area contributed by atoms with Gasteiger partial charge in [-0.25, -0.2) is 0 Å². The van der Waals surface area contributed by atoms with Crippen LogP contribution in [0.1, 0.15) is 18.0 Å². The van der Waals surface area contributed by atoms with Crippen LogP contribution in [0.25, 0.3) is 0 Å². The van der Waals surface area contributed by atoms with Crippen LogP contribution in [0.2, 0.25) is 0 Å². The van der Waals surface area contributed by atoms with Crippen LogP contribution in [0, 0.1) is 0 Å². The van der Waals surface area contributed by atoms with Gasteiger partial charge in [0.05, 0.1) is 0 Å². The first-order valence-corrected chi connectivity index (χ1v) is 4.18. The molecule has 0 bridgehead atoms. The Hall–Kier alpha value is -1.39.